The van der Waals surface area contributed by atoms with E-state index in [1.165, 1.54) is 0 Å². The average Bonchev–Trinajstić information content (AvgIpc) is 2.94. The van der Waals surface area contributed by atoms with Gasteiger partial charge in [-0.3, -0.25) is 0 Å². The zero-order valence-corrected chi connectivity index (χ0v) is 11.7. The van der Waals surface area contributed by atoms with Gasteiger partial charge in [0.1, 0.15) is 0 Å². The minimum Gasteiger partial charge on any atom is -0.316 e. The fourth-order valence-electron chi connectivity index (χ4n) is 1.95. The highest BCUT2D eigenvalue weighted by atomic mass is 32.2. The summed E-state index contributed by atoms with van der Waals surface area (Å²) in [6.45, 7) is 2.70. The predicted molar refractivity (Wildman–Crippen MR) is 72.6 cm³/mol. The SMILES string of the molecule is CNCc1cccc(CS(=O)(=O)NC2(C)CC2)c1. The number of sulfonamides is 1. The molecule has 4 nitrogen and oxygen atoms in total. The molecule has 0 heterocycles. The molecule has 0 unspecified atom stereocenters. The highest BCUT2D eigenvalue weighted by Crippen LogP contribution is 2.35. The number of nitrogens with one attached hydrogen (secondary N) is 2. The first-order valence-corrected chi connectivity index (χ1v) is 7.82. The van der Waals surface area contributed by atoms with Crippen LogP contribution < -0.4 is 10.0 Å². The van der Waals surface area contributed by atoms with E-state index in [1.54, 1.807) is 0 Å². The van der Waals surface area contributed by atoms with E-state index in [-0.39, 0.29) is 11.3 Å². The summed E-state index contributed by atoms with van der Waals surface area (Å²) in [5.41, 5.74) is 1.74. The highest BCUT2D eigenvalue weighted by Gasteiger charge is 2.40. The Morgan fingerprint density at radius 1 is 1.28 bits per heavy atom. The number of benzene rings is 1. The maximum Gasteiger partial charge on any atom is 0.216 e. The molecule has 5 heteroatoms. The van der Waals surface area contributed by atoms with Crippen LogP contribution in [0.25, 0.3) is 0 Å². The largest absolute Gasteiger partial charge is 0.316 e. The van der Waals surface area contributed by atoms with Gasteiger partial charge in [-0.1, -0.05) is 24.3 Å². The van der Waals surface area contributed by atoms with Gasteiger partial charge in [0.2, 0.25) is 10.0 Å². The van der Waals surface area contributed by atoms with Crippen molar-refractivity contribution < 1.29 is 8.42 Å². The van der Waals surface area contributed by atoms with Crippen LogP contribution in [0.5, 0.6) is 0 Å². The Morgan fingerprint density at radius 3 is 2.56 bits per heavy atom. The summed E-state index contributed by atoms with van der Waals surface area (Å²) in [5, 5.41) is 3.06. The lowest BCUT2D eigenvalue weighted by Crippen LogP contribution is -2.35. The fourth-order valence-corrected chi connectivity index (χ4v) is 3.60. The van der Waals surface area contributed by atoms with Crippen molar-refractivity contribution in [3.63, 3.8) is 0 Å². The number of hydrogen-bond donors (Lipinski definition) is 2. The van der Waals surface area contributed by atoms with Gasteiger partial charge in [0.25, 0.3) is 0 Å². The molecule has 18 heavy (non-hydrogen) atoms. The minimum absolute atomic E-state index is 0.0557. The second-order valence-corrected chi connectivity index (χ2v) is 6.99. The van der Waals surface area contributed by atoms with Crippen LogP contribution in [-0.2, 0) is 22.3 Å². The minimum atomic E-state index is -3.23. The first-order valence-electron chi connectivity index (χ1n) is 6.17. The third kappa shape index (κ3) is 3.80. The quantitative estimate of drug-likeness (QED) is 0.819. The molecule has 0 radical (unpaired) electrons. The summed E-state index contributed by atoms with van der Waals surface area (Å²) in [6.07, 6.45) is 1.87. The molecule has 1 saturated carbocycles. The highest BCUT2D eigenvalue weighted by molar-refractivity contribution is 7.88. The van der Waals surface area contributed by atoms with E-state index in [1.807, 2.05) is 38.2 Å². The molecule has 1 aliphatic rings. The van der Waals surface area contributed by atoms with Gasteiger partial charge in [-0.2, -0.15) is 0 Å². The Kier molecular flexibility index (Phi) is 3.75. The third-order valence-electron chi connectivity index (χ3n) is 3.13. The zero-order chi connectivity index (χ0) is 13.2. The third-order valence-corrected chi connectivity index (χ3v) is 4.65. The topological polar surface area (TPSA) is 58.2 Å². The fraction of sp³-hybridized carbons (Fsp3) is 0.538. The summed E-state index contributed by atoms with van der Waals surface area (Å²) in [6, 6.07) is 7.68. The van der Waals surface area contributed by atoms with Crippen LogP contribution >= 0.6 is 0 Å². The molecule has 100 valence electrons. The van der Waals surface area contributed by atoms with Crippen LogP contribution in [0.4, 0.5) is 0 Å². The smallest absolute Gasteiger partial charge is 0.216 e. The van der Waals surface area contributed by atoms with E-state index < -0.39 is 10.0 Å². The van der Waals surface area contributed by atoms with E-state index in [0.717, 1.165) is 30.5 Å². The summed E-state index contributed by atoms with van der Waals surface area (Å²) in [5.74, 6) is 0.0557. The van der Waals surface area contributed by atoms with Crippen molar-refractivity contribution in [1.82, 2.24) is 10.0 Å². The van der Waals surface area contributed by atoms with E-state index in [4.69, 9.17) is 0 Å². The Hall–Kier alpha value is -0.910. The Labute approximate surface area is 109 Å². The van der Waals surface area contributed by atoms with Crippen molar-refractivity contribution in [3.05, 3.63) is 35.4 Å². The molecule has 2 N–H and O–H groups in total. The molecule has 0 bridgehead atoms. The van der Waals surface area contributed by atoms with Gasteiger partial charge in [0.05, 0.1) is 5.75 Å². The Balaban J connectivity index is 2.06. The summed E-state index contributed by atoms with van der Waals surface area (Å²) in [4.78, 5) is 0. The van der Waals surface area contributed by atoms with Crippen LogP contribution in [0, 0.1) is 0 Å². The molecular weight excluding hydrogens is 248 g/mol. The van der Waals surface area contributed by atoms with Crippen LogP contribution in [0.15, 0.2) is 24.3 Å². The van der Waals surface area contributed by atoms with Crippen molar-refractivity contribution in [2.75, 3.05) is 7.05 Å². The van der Waals surface area contributed by atoms with Crippen molar-refractivity contribution in [3.8, 4) is 0 Å². The Morgan fingerprint density at radius 2 is 1.94 bits per heavy atom. The van der Waals surface area contributed by atoms with Gasteiger partial charge in [-0.05, 0) is 37.9 Å². The maximum atomic E-state index is 12.0. The summed E-state index contributed by atoms with van der Waals surface area (Å²) >= 11 is 0. The molecule has 2 rings (SSSR count). The van der Waals surface area contributed by atoms with Gasteiger partial charge in [0, 0.05) is 12.1 Å². The molecule has 0 spiro atoms. The average molecular weight is 268 g/mol. The normalized spacial score (nSPS) is 17.7. The second-order valence-electron chi connectivity index (χ2n) is 5.27. The van der Waals surface area contributed by atoms with Crippen molar-refractivity contribution in [2.45, 2.75) is 37.6 Å². The monoisotopic (exact) mass is 268 g/mol. The molecule has 0 aliphatic heterocycles. The summed E-state index contributed by atoms with van der Waals surface area (Å²) in [7, 11) is -1.36. The van der Waals surface area contributed by atoms with Gasteiger partial charge < -0.3 is 5.32 Å². The Bertz CT molecular complexity index is 522. The summed E-state index contributed by atoms with van der Waals surface area (Å²) < 4.78 is 26.8. The van der Waals surface area contributed by atoms with Crippen LogP contribution in [0.1, 0.15) is 30.9 Å². The van der Waals surface area contributed by atoms with Gasteiger partial charge >= 0.3 is 0 Å². The van der Waals surface area contributed by atoms with Gasteiger partial charge in [-0.15, -0.1) is 0 Å². The van der Waals surface area contributed by atoms with Crippen LogP contribution in [0.3, 0.4) is 0 Å². The van der Waals surface area contributed by atoms with Crippen molar-refractivity contribution >= 4 is 10.0 Å². The second kappa shape index (κ2) is 4.99. The van der Waals surface area contributed by atoms with Gasteiger partial charge in [-0.25, -0.2) is 13.1 Å². The van der Waals surface area contributed by atoms with Crippen LogP contribution in [0.2, 0.25) is 0 Å². The maximum absolute atomic E-state index is 12.0. The lowest BCUT2D eigenvalue weighted by Gasteiger charge is -2.12. The molecule has 1 aliphatic carbocycles. The zero-order valence-electron chi connectivity index (χ0n) is 10.9. The lowest BCUT2D eigenvalue weighted by atomic mass is 10.1. The first-order chi connectivity index (χ1) is 8.42. The predicted octanol–water partition coefficient (Wildman–Crippen LogP) is 1.38. The molecule has 0 atom stereocenters. The molecule has 1 aromatic carbocycles. The van der Waals surface area contributed by atoms with E-state index >= 15 is 0 Å². The number of rotatable bonds is 6. The molecule has 1 aromatic rings. The molecule has 0 amide bonds. The van der Waals surface area contributed by atoms with Crippen molar-refractivity contribution in [2.24, 2.45) is 0 Å². The lowest BCUT2D eigenvalue weighted by molar-refractivity contribution is 0.557. The standard InChI is InChI=1S/C13H20N2O2S/c1-13(6-7-13)15-18(16,17)10-12-5-3-4-11(8-12)9-14-2/h3-5,8,14-15H,6-7,9-10H2,1-2H3. The molecule has 1 fully saturated rings. The number of hydrogen-bond acceptors (Lipinski definition) is 3. The van der Waals surface area contributed by atoms with Crippen LogP contribution in [-0.4, -0.2) is 21.0 Å². The van der Waals surface area contributed by atoms with E-state index in [9.17, 15) is 8.42 Å². The molecule has 0 saturated heterocycles. The molecular formula is C13H20N2O2S. The van der Waals surface area contributed by atoms with E-state index in [0.29, 0.717) is 0 Å². The van der Waals surface area contributed by atoms with Crippen molar-refractivity contribution in [1.29, 1.82) is 0 Å². The van der Waals surface area contributed by atoms with E-state index in [2.05, 4.69) is 10.0 Å². The molecule has 0 aromatic heterocycles. The first kappa shape index (κ1) is 13.5. The van der Waals surface area contributed by atoms with Gasteiger partial charge in [0.15, 0.2) is 0 Å².